The van der Waals surface area contributed by atoms with Crippen LogP contribution >= 0.6 is 11.6 Å². The van der Waals surface area contributed by atoms with Gasteiger partial charge in [-0.15, -0.1) is 0 Å². The fourth-order valence-corrected chi connectivity index (χ4v) is 3.29. The van der Waals surface area contributed by atoms with E-state index < -0.39 is 5.56 Å². The first-order valence-electron chi connectivity index (χ1n) is 8.51. The van der Waals surface area contributed by atoms with Gasteiger partial charge in [0.05, 0.1) is 18.6 Å². The van der Waals surface area contributed by atoms with Crippen LogP contribution in [-0.4, -0.2) is 14.1 Å². The smallest absolute Gasteiger partial charge is 0.287 e. The summed E-state index contributed by atoms with van der Waals surface area (Å²) in [7, 11) is 0. The maximum Gasteiger partial charge on any atom is 0.332 e. The van der Waals surface area contributed by atoms with E-state index >= 15 is 0 Å². The number of benzene rings is 2. The second kappa shape index (κ2) is 7.21. The predicted molar refractivity (Wildman–Crippen MR) is 106 cm³/mol. The van der Waals surface area contributed by atoms with Crippen molar-refractivity contribution in [3.05, 3.63) is 110 Å². The summed E-state index contributed by atoms with van der Waals surface area (Å²) < 4.78 is 2.77. The molecule has 27 heavy (non-hydrogen) atoms. The third-order valence-corrected chi connectivity index (χ3v) is 4.83. The fourth-order valence-electron chi connectivity index (χ4n) is 3.10. The van der Waals surface area contributed by atoms with Crippen molar-refractivity contribution in [1.82, 2.24) is 14.1 Å². The molecule has 4 aromatic rings. The molecule has 0 aliphatic carbocycles. The van der Waals surface area contributed by atoms with Gasteiger partial charge >= 0.3 is 5.69 Å². The van der Waals surface area contributed by atoms with Crippen molar-refractivity contribution in [3.8, 4) is 0 Å². The Kier molecular flexibility index (Phi) is 4.60. The lowest BCUT2D eigenvalue weighted by molar-refractivity contribution is 0.633. The number of pyridine rings is 1. The van der Waals surface area contributed by atoms with Gasteiger partial charge in [0.1, 0.15) is 0 Å². The van der Waals surface area contributed by atoms with Crippen LogP contribution in [0.5, 0.6) is 0 Å². The maximum atomic E-state index is 13.2. The molecule has 0 fully saturated rings. The topological polar surface area (TPSA) is 56.9 Å². The Morgan fingerprint density at radius 2 is 1.56 bits per heavy atom. The van der Waals surface area contributed by atoms with Gasteiger partial charge in [0, 0.05) is 11.2 Å². The van der Waals surface area contributed by atoms with Crippen LogP contribution < -0.4 is 11.2 Å². The fraction of sp³-hybridized carbons (Fsp3) is 0.0952. The SMILES string of the molecule is O=c1c2ncccc2n(Cc2ccccc2Cl)c(=O)n1Cc1ccccc1. The largest absolute Gasteiger partial charge is 0.332 e. The molecule has 0 unspecified atom stereocenters. The first-order valence-corrected chi connectivity index (χ1v) is 8.88. The van der Waals surface area contributed by atoms with Crippen molar-refractivity contribution in [2.45, 2.75) is 13.1 Å². The van der Waals surface area contributed by atoms with E-state index in [1.165, 1.54) is 4.57 Å². The summed E-state index contributed by atoms with van der Waals surface area (Å²) in [6.07, 6.45) is 1.56. The summed E-state index contributed by atoms with van der Waals surface area (Å²) >= 11 is 6.28. The first-order chi connectivity index (χ1) is 13.1. The van der Waals surface area contributed by atoms with Gasteiger partial charge in [0.2, 0.25) is 0 Å². The van der Waals surface area contributed by atoms with Crippen LogP contribution in [0, 0.1) is 0 Å². The van der Waals surface area contributed by atoms with Crippen molar-refractivity contribution in [3.63, 3.8) is 0 Å². The number of fused-ring (bicyclic) bond motifs is 1. The minimum atomic E-state index is -0.394. The minimum Gasteiger partial charge on any atom is -0.287 e. The Balaban J connectivity index is 1.93. The minimum absolute atomic E-state index is 0.188. The van der Waals surface area contributed by atoms with Crippen molar-refractivity contribution in [2.24, 2.45) is 0 Å². The van der Waals surface area contributed by atoms with E-state index in [2.05, 4.69) is 4.98 Å². The molecule has 0 N–H and O–H groups in total. The summed E-state index contributed by atoms with van der Waals surface area (Å²) in [6.45, 7) is 0.448. The lowest BCUT2D eigenvalue weighted by Crippen LogP contribution is -2.40. The normalized spacial score (nSPS) is 11.0. The number of rotatable bonds is 4. The molecule has 6 heteroatoms. The standard InChI is InChI=1S/C21H16ClN3O2/c22-17-10-5-4-9-16(17)14-24-18-11-6-12-23-19(18)20(26)25(21(24)27)13-15-7-2-1-3-8-15/h1-12H,13-14H2. The summed E-state index contributed by atoms with van der Waals surface area (Å²) in [5, 5.41) is 0.572. The molecule has 5 nitrogen and oxygen atoms in total. The van der Waals surface area contributed by atoms with Crippen LogP contribution in [0.25, 0.3) is 11.0 Å². The van der Waals surface area contributed by atoms with Crippen LogP contribution in [0.4, 0.5) is 0 Å². The van der Waals surface area contributed by atoms with Crippen molar-refractivity contribution in [2.75, 3.05) is 0 Å². The molecule has 0 saturated heterocycles. The summed E-state index contributed by atoms with van der Waals surface area (Å²) in [4.78, 5) is 30.3. The molecule has 134 valence electrons. The molecule has 0 spiro atoms. The van der Waals surface area contributed by atoms with Crippen LogP contribution in [0.2, 0.25) is 5.02 Å². The van der Waals surface area contributed by atoms with Crippen LogP contribution in [0.3, 0.4) is 0 Å². The van der Waals surface area contributed by atoms with E-state index in [1.807, 2.05) is 48.5 Å². The van der Waals surface area contributed by atoms with E-state index in [9.17, 15) is 9.59 Å². The molecule has 0 saturated carbocycles. The highest BCUT2D eigenvalue weighted by Crippen LogP contribution is 2.17. The third kappa shape index (κ3) is 3.29. The summed E-state index contributed by atoms with van der Waals surface area (Å²) in [5.74, 6) is 0. The van der Waals surface area contributed by atoms with Crippen LogP contribution in [0.1, 0.15) is 11.1 Å². The lowest BCUT2D eigenvalue weighted by atomic mass is 10.2. The number of nitrogens with zero attached hydrogens (tertiary/aromatic N) is 3. The van der Waals surface area contributed by atoms with Gasteiger partial charge in [-0.3, -0.25) is 13.9 Å². The molecular formula is C21H16ClN3O2. The Hall–Kier alpha value is -3.18. The molecule has 0 atom stereocenters. The number of hydrogen-bond acceptors (Lipinski definition) is 3. The molecule has 2 aromatic carbocycles. The molecule has 0 bridgehead atoms. The number of aromatic nitrogens is 3. The van der Waals surface area contributed by atoms with Gasteiger partial charge in [0.25, 0.3) is 5.56 Å². The Morgan fingerprint density at radius 3 is 2.33 bits per heavy atom. The molecule has 0 radical (unpaired) electrons. The van der Waals surface area contributed by atoms with Gasteiger partial charge in [-0.05, 0) is 29.3 Å². The average molecular weight is 378 g/mol. The molecule has 0 aliphatic heterocycles. The Morgan fingerprint density at radius 1 is 0.815 bits per heavy atom. The second-order valence-electron chi connectivity index (χ2n) is 6.21. The number of hydrogen-bond donors (Lipinski definition) is 0. The summed E-state index contributed by atoms with van der Waals surface area (Å²) in [5.41, 5.74) is 1.66. The van der Waals surface area contributed by atoms with Gasteiger partial charge in [-0.1, -0.05) is 60.1 Å². The third-order valence-electron chi connectivity index (χ3n) is 4.46. The lowest BCUT2D eigenvalue weighted by Gasteiger charge is -2.14. The van der Waals surface area contributed by atoms with E-state index in [0.29, 0.717) is 10.5 Å². The monoisotopic (exact) mass is 377 g/mol. The van der Waals surface area contributed by atoms with E-state index in [0.717, 1.165) is 11.1 Å². The molecule has 2 heterocycles. The highest BCUT2D eigenvalue weighted by Gasteiger charge is 2.15. The van der Waals surface area contributed by atoms with Gasteiger partial charge in [-0.25, -0.2) is 9.78 Å². The van der Waals surface area contributed by atoms with E-state index in [1.54, 1.807) is 29.0 Å². The molecule has 4 rings (SSSR count). The first kappa shape index (κ1) is 17.2. The summed E-state index contributed by atoms with van der Waals surface area (Å²) in [6, 6.07) is 20.2. The van der Waals surface area contributed by atoms with E-state index in [4.69, 9.17) is 11.6 Å². The van der Waals surface area contributed by atoms with E-state index in [-0.39, 0.29) is 24.3 Å². The van der Waals surface area contributed by atoms with Crippen molar-refractivity contribution < 1.29 is 0 Å². The zero-order valence-electron chi connectivity index (χ0n) is 14.4. The molecule has 0 aliphatic rings. The molecular weight excluding hydrogens is 362 g/mol. The Labute approximate surface area is 160 Å². The predicted octanol–water partition coefficient (Wildman–Crippen LogP) is 3.31. The van der Waals surface area contributed by atoms with Gasteiger partial charge < -0.3 is 0 Å². The van der Waals surface area contributed by atoms with Crippen LogP contribution in [-0.2, 0) is 13.1 Å². The van der Waals surface area contributed by atoms with Crippen molar-refractivity contribution in [1.29, 1.82) is 0 Å². The maximum absolute atomic E-state index is 13.2. The highest BCUT2D eigenvalue weighted by molar-refractivity contribution is 6.31. The van der Waals surface area contributed by atoms with Crippen molar-refractivity contribution >= 4 is 22.6 Å². The molecule has 2 aromatic heterocycles. The zero-order chi connectivity index (χ0) is 18.8. The highest BCUT2D eigenvalue weighted by atomic mass is 35.5. The molecule has 0 amide bonds. The van der Waals surface area contributed by atoms with Gasteiger partial charge in [-0.2, -0.15) is 0 Å². The zero-order valence-corrected chi connectivity index (χ0v) is 15.1. The van der Waals surface area contributed by atoms with Gasteiger partial charge in [0.15, 0.2) is 5.52 Å². The quantitative estimate of drug-likeness (QED) is 0.548. The number of halogens is 1. The second-order valence-corrected chi connectivity index (χ2v) is 6.62. The van der Waals surface area contributed by atoms with Crippen LogP contribution in [0.15, 0.2) is 82.5 Å². The average Bonchev–Trinajstić information content (AvgIpc) is 2.70. The Bertz CT molecular complexity index is 1230.